The Balaban J connectivity index is 1.68. The minimum Gasteiger partial charge on any atom is -0.383 e. The number of piperidine rings is 1. The van der Waals surface area contributed by atoms with Crippen LogP contribution in [0.25, 0.3) is 0 Å². The third kappa shape index (κ3) is 2.93. The first-order valence-electron chi connectivity index (χ1n) is 8.55. The molecule has 0 atom stereocenters. The Morgan fingerprint density at radius 2 is 2.12 bits per heavy atom. The number of hydrogen-bond donors (Lipinski definition) is 2. The summed E-state index contributed by atoms with van der Waals surface area (Å²) in [6.45, 7) is 4.93. The van der Waals surface area contributed by atoms with Gasteiger partial charge in [0.15, 0.2) is 0 Å². The molecule has 6 nitrogen and oxygen atoms in total. The van der Waals surface area contributed by atoms with Crippen molar-refractivity contribution in [2.75, 3.05) is 25.0 Å². The van der Waals surface area contributed by atoms with Gasteiger partial charge >= 0.3 is 5.92 Å². The highest BCUT2D eigenvalue weighted by Crippen LogP contribution is 2.44. The maximum absolute atomic E-state index is 14.2. The predicted molar refractivity (Wildman–Crippen MR) is 85.0 cm³/mol. The van der Waals surface area contributed by atoms with Crippen molar-refractivity contribution in [3.63, 3.8) is 0 Å². The number of carbonyl (C=O) groups excluding carboxylic acids is 1. The van der Waals surface area contributed by atoms with E-state index < -0.39 is 17.4 Å². The first-order valence-corrected chi connectivity index (χ1v) is 8.55. The molecule has 1 aromatic heterocycles. The second-order valence-electron chi connectivity index (χ2n) is 6.74. The summed E-state index contributed by atoms with van der Waals surface area (Å²) in [4.78, 5) is 14.4. The molecule has 1 aliphatic carbocycles. The average Bonchev–Trinajstić information content (AvgIpc) is 3.00. The number of amides is 1. The van der Waals surface area contributed by atoms with Gasteiger partial charge in [-0.3, -0.25) is 4.79 Å². The molecule has 0 bridgehead atoms. The fraction of sp³-hybridized carbons (Fsp3) is 0.750. The lowest BCUT2D eigenvalue weighted by Crippen LogP contribution is -2.59. The number of carbonyl (C=O) groups is 1. The van der Waals surface area contributed by atoms with Crippen molar-refractivity contribution in [1.29, 1.82) is 0 Å². The summed E-state index contributed by atoms with van der Waals surface area (Å²) in [7, 11) is 0. The van der Waals surface area contributed by atoms with Crippen LogP contribution in [0, 0.1) is 0 Å². The van der Waals surface area contributed by atoms with Crippen molar-refractivity contribution in [2.45, 2.75) is 56.6 Å². The Morgan fingerprint density at radius 1 is 1.46 bits per heavy atom. The summed E-state index contributed by atoms with van der Waals surface area (Å²) in [6, 6.07) is 1.60. The molecular formula is C16H24F2N4O2. The number of hydrogen-bond acceptors (Lipinski definition) is 4. The van der Waals surface area contributed by atoms with E-state index in [4.69, 9.17) is 0 Å². The third-order valence-corrected chi connectivity index (χ3v) is 5.31. The molecule has 0 radical (unpaired) electrons. The fourth-order valence-corrected chi connectivity index (χ4v) is 3.42. The average molecular weight is 342 g/mol. The Labute approximate surface area is 139 Å². The molecule has 1 saturated heterocycles. The molecule has 0 aromatic carbocycles. The number of nitrogens with one attached hydrogen (secondary N) is 1. The van der Waals surface area contributed by atoms with Crippen LogP contribution < -0.4 is 5.32 Å². The van der Waals surface area contributed by atoms with Gasteiger partial charge in [0.05, 0.1) is 12.2 Å². The summed E-state index contributed by atoms with van der Waals surface area (Å²) < 4.78 is 30.0. The Kier molecular flexibility index (Phi) is 4.61. The number of likely N-dealkylation sites (tertiary alicyclic amines) is 1. The summed E-state index contributed by atoms with van der Waals surface area (Å²) in [6.07, 6.45) is 3.62. The van der Waals surface area contributed by atoms with Gasteiger partial charge in [-0.2, -0.15) is 13.9 Å². The summed E-state index contributed by atoms with van der Waals surface area (Å²) in [5.74, 6) is -5.00. The monoisotopic (exact) mass is 342 g/mol. The van der Waals surface area contributed by atoms with Crippen molar-refractivity contribution >= 4 is 11.7 Å². The van der Waals surface area contributed by atoms with Crippen LogP contribution in [-0.4, -0.2) is 56.9 Å². The number of aliphatic hydroxyl groups is 1. The normalized spacial score (nSPS) is 22.2. The van der Waals surface area contributed by atoms with Gasteiger partial charge in [-0.15, -0.1) is 0 Å². The van der Waals surface area contributed by atoms with Gasteiger partial charge in [-0.25, -0.2) is 4.68 Å². The lowest BCUT2D eigenvalue weighted by atomic mass is 9.75. The van der Waals surface area contributed by atoms with Crippen molar-refractivity contribution in [3.8, 4) is 0 Å². The minimum atomic E-state index is -3.80. The largest absolute Gasteiger partial charge is 0.383 e. The van der Waals surface area contributed by atoms with Gasteiger partial charge < -0.3 is 15.3 Å². The molecule has 1 saturated carbocycles. The molecular weight excluding hydrogens is 318 g/mol. The first-order chi connectivity index (χ1) is 11.4. The molecule has 1 amide bonds. The molecule has 2 fully saturated rings. The van der Waals surface area contributed by atoms with Crippen LogP contribution in [0.3, 0.4) is 0 Å². The minimum absolute atomic E-state index is 0.0534. The van der Waals surface area contributed by atoms with Crippen LogP contribution in [0.5, 0.6) is 0 Å². The Bertz CT molecular complexity index is 593. The highest BCUT2D eigenvalue weighted by molar-refractivity contribution is 5.96. The Hall–Kier alpha value is -1.54. The summed E-state index contributed by atoms with van der Waals surface area (Å²) in [5.41, 5.74) is -2.21. The molecule has 2 heterocycles. The van der Waals surface area contributed by atoms with Crippen molar-refractivity contribution < 1.29 is 18.7 Å². The topological polar surface area (TPSA) is 70.4 Å². The number of alkyl halides is 2. The van der Waals surface area contributed by atoms with E-state index >= 15 is 0 Å². The predicted octanol–water partition coefficient (Wildman–Crippen LogP) is 2.03. The molecule has 2 N–H and O–H groups in total. The van der Waals surface area contributed by atoms with E-state index in [1.54, 1.807) is 4.68 Å². The third-order valence-electron chi connectivity index (χ3n) is 5.31. The van der Waals surface area contributed by atoms with E-state index in [9.17, 15) is 18.7 Å². The van der Waals surface area contributed by atoms with Crippen LogP contribution in [0.15, 0.2) is 12.3 Å². The first kappa shape index (κ1) is 17.3. The molecule has 8 heteroatoms. The van der Waals surface area contributed by atoms with Crippen LogP contribution in [0.1, 0.15) is 45.1 Å². The number of nitrogens with zero attached hydrogens (tertiary/aromatic N) is 3. The lowest BCUT2D eigenvalue weighted by molar-refractivity contribution is -0.212. The smallest absolute Gasteiger partial charge is 0.352 e. The molecule has 1 aromatic rings. The molecule has 24 heavy (non-hydrogen) atoms. The van der Waals surface area contributed by atoms with Crippen molar-refractivity contribution in [3.05, 3.63) is 12.3 Å². The highest BCUT2D eigenvalue weighted by atomic mass is 19.3. The SMILES string of the molecule is CCN1CCC(n2nccc2NC(=O)C(F)(F)C2(O)CCC2)CC1. The van der Waals surface area contributed by atoms with Gasteiger partial charge in [0.2, 0.25) is 0 Å². The van der Waals surface area contributed by atoms with Gasteiger partial charge in [0.1, 0.15) is 11.4 Å². The molecule has 134 valence electrons. The summed E-state index contributed by atoms with van der Waals surface area (Å²) in [5, 5.41) is 16.3. The zero-order valence-electron chi connectivity index (χ0n) is 13.8. The van der Waals surface area contributed by atoms with Gasteiger partial charge in [-0.05, 0) is 38.6 Å². The zero-order valence-corrected chi connectivity index (χ0v) is 13.8. The standard InChI is InChI=1S/C16H24F2N4O2/c1-2-21-10-5-12(6-11-21)22-13(4-9-19-22)20-14(23)16(17,18)15(24)7-3-8-15/h4,9,12,24H,2-3,5-8,10-11H2,1H3,(H,20,23). The molecule has 0 unspecified atom stereocenters. The van der Waals surface area contributed by atoms with Crippen LogP contribution >= 0.6 is 0 Å². The number of rotatable bonds is 5. The number of aromatic nitrogens is 2. The quantitative estimate of drug-likeness (QED) is 0.859. The van der Waals surface area contributed by atoms with Gasteiger partial charge in [0.25, 0.3) is 5.91 Å². The van der Waals surface area contributed by atoms with E-state index in [1.165, 1.54) is 12.3 Å². The second kappa shape index (κ2) is 6.40. The van der Waals surface area contributed by atoms with Crippen LogP contribution in [0.2, 0.25) is 0 Å². The van der Waals surface area contributed by atoms with E-state index in [0.29, 0.717) is 6.42 Å². The van der Waals surface area contributed by atoms with E-state index in [1.807, 2.05) is 0 Å². The maximum atomic E-state index is 14.2. The summed E-state index contributed by atoms with van der Waals surface area (Å²) >= 11 is 0. The van der Waals surface area contributed by atoms with Crippen molar-refractivity contribution in [1.82, 2.24) is 14.7 Å². The van der Waals surface area contributed by atoms with E-state index in [-0.39, 0.29) is 24.7 Å². The maximum Gasteiger partial charge on any atom is 0.352 e. The highest BCUT2D eigenvalue weighted by Gasteiger charge is 2.61. The lowest BCUT2D eigenvalue weighted by Gasteiger charge is -2.41. The number of halogens is 2. The molecule has 2 aliphatic rings. The molecule has 3 rings (SSSR count). The fourth-order valence-electron chi connectivity index (χ4n) is 3.42. The van der Waals surface area contributed by atoms with E-state index in [2.05, 4.69) is 22.2 Å². The van der Waals surface area contributed by atoms with Crippen molar-refractivity contribution in [2.24, 2.45) is 0 Å². The van der Waals surface area contributed by atoms with Crippen LogP contribution in [0.4, 0.5) is 14.6 Å². The van der Waals surface area contributed by atoms with E-state index in [0.717, 1.165) is 32.5 Å². The van der Waals surface area contributed by atoms with Gasteiger partial charge in [0, 0.05) is 19.2 Å². The number of anilines is 1. The second-order valence-corrected chi connectivity index (χ2v) is 6.74. The molecule has 1 aliphatic heterocycles. The van der Waals surface area contributed by atoms with Crippen LogP contribution in [-0.2, 0) is 4.79 Å². The Morgan fingerprint density at radius 3 is 2.67 bits per heavy atom. The molecule has 0 spiro atoms. The van der Waals surface area contributed by atoms with Gasteiger partial charge in [-0.1, -0.05) is 6.92 Å². The zero-order chi connectivity index (χ0) is 17.4.